The lowest BCUT2D eigenvalue weighted by Crippen LogP contribution is -2.40. The zero-order valence-electron chi connectivity index (χ0n) is 17.6. The van der Waals surface area contributed by atoms with E-state index < -0.39 is 0 Å². The van der Waals surface area contributed by atoms with Crippen LogP contribution in [0.4, 0.5) is 5.95 Å². The number of aromatic nitrogens is 4. The van der Waals surface area contributed by atoms with Gasteiger partial charge in [0.25, 0.3) is 5.56 Å². The third-order valence-electron chi connectivity index (χ3n) is 5.92. The van der Waals surface area contributed by atoms with Crippen molar-refractivity contribution in [3.05, 3.63) is 56.7 Å². The summed E-state index contributed by atoms with van der Waals surface area (Å²) in [5.74, 6) is 1.50. The summed E-state index contributed by atoms with van der Waals surface area (Å²) in [6, 6.07) is 9.66. The van der Waals surface area contributed by atoms with Gasteiger partial charge < -0.3 is 9.47 Å². The van der Waals surface area contributed by atoms with Gasteiger partial charge in [0.15, 0.2) is 11.2 Å². The van der Waals surface area contributed by atoms with Crippen LogP contribution in [0.2, 0.25) is 0 Å². The summed E-state index contributed by atoms with van der Waals surface area (Å²) in [6.07, 6.45) is 2.22. The van der Waals surface area contributed by atoms with E-state index in [2.05, 4.69) is 25.7 Å². The van der Waals surface area contributed by atoms with Gasteiger partial charge in [0.1, 0.15) is 0 Å². The zero-order chi connectivity index (χ0) is 20.7. The lowest BCUT2D eigenvalue weighted by molar-refractivity contribution is 0.428. The van der Waals surface area contributed by atoms with Crippen molar-refractivity contribution in [1.29, 1.82) is 0 Å². The van der Waals surface area contributed by atoms with E-state index in [4.69, 9.17) is 4.98 Å². The Morgan fingerprint density at radius 2 is 1.76 bits per heavy atom. The molecule has 0 N–H and O–H groups in total. The summed E-state index contributed by atoms with van der Waals surface area (Å²) in [7, 11) is 1.70. The number of nitrogens with zero attached hydrogens (tertiary/aromatic N) is 5. The first-order valence-corrected chi connectivity index (χ1v) is 10.4. The molecule has 0 atom stereocenters. The van der Waals surface area contributed by atoms with E-state index in [0.717, 1.165) is 37.4 Å². The van der Waals surface area contributed by atoms with Crippen molar-refractivity contribution in [3.8, 4) is 0 Å². The Labute approximate surface area is 170 Å². The fourth-order valence-electron chi connectivity index (χ4n) is 4.15. The van der Waals surface area contributed by atoms with Crippen molar-refractivity contribution < 1.29 is 0 Å². The van der Waals surface area contributed by atoms with Crippen LogP contribution in [0.15, 0.2) is 39.9 Å². The van der Waals surface area contributed by atoms with Gasteiger partial charge in [-0.05, 0) is 38.2 Å². The van der Waals surface area contributed by atoms with Crippen LogP contribution in [-0.2, 0) is 13.6 Å². The van der Waals surface area contributed by atoms with Crippen molar-refractivity contribution in [2.45, 2.75) is 46.2 Å². The lowest BCUT2D eigenvalue weighted by atomic mass is 10.00. The van der Waals surface area contributed by atoms with Gasteiger partial charge in [-0.15, -0.1) is 0 Å². The first-order chi connectivity index (χ1) is 13.9. The Morgan fingerprint density at radius 1 is 1.10 bits per heavy atom. The van der Waals surface area contributed by atoms with E-state index in [9.17, 15) is 9.59 Å². The molecule has 0 aliphatic carbocycles. The van der Waals surface area contributed by atoms with Crippen LogP contribution in [0, 0.1) is 5.92 Å². The van der Waals surface area contributed by atoms with Crippen molar-refractivity contribution in [2.24, 2.45) is 13.0 Å². The summed E-state index contributed by atoms with van der Waals surface area (Å²) in [4.78, 5) is 33.5. The van der Waals surface area contributed by atoms with Gasteiger partial charge in [-0.3, -0.25) is 13.9 Å². The minimum Gasteiger partial charge on any atom is -0.342 e. The van der Waals surface area contributed by atoms with Crippen LogP contribution in [0.5, 0.6) is 0 Å². The molecule has 0 saturated carbocycles. The summed E-state index contributed by atoms with van der Waals surface area (Å²) in [6.45, 7) is 8.48. The molecule has 0 amide bonds. The highest BCUT2D eigenvalue weighted by molar-refractivity contribution is 5.75. The average Bonchev–Trinajstić information content (AvgIpc) is 3.12. The third-order valence-corrected chi connectivity index (χ3v) is 5.92. The minimum atomic E-state index is -0.335. The molecule has 0 radical (unpaired) electrons. The second-order valence-corrected chi connectivity index (χ2v) is 8.44. The minimum absolute atomic E-state index is 0.0599. The molecule has 1 aromatic carbocycles. The highest BCUT2D eigenvalue weighted by Gasteiger charge is 2.26. The Balaban J connectivity index is 1.92. The maximum absolute atomic E-state index is 13.4. The molecule has 0 bridgehead atoms. The molecule has 1 aliphatic heterocycles. The molecular weight excluding hydrogens is 366 g/mol. The fraction of sp³-hybridized carbons (Fsp3) is 0.500. The predicted molar refractivity (Wildman–Crippen MR) is 116 cm³/mol. The number of hydrogen-bond acceptors (Lipinski definition) is 4. The Hall–Kier alpha value is -2.83. The van der Waals surface area contributed by atoms with Gasteiger partial charge in [-0.1, -0.05) is 37.3 Å². The van der Waals surface area contributed by atoms with Gasteiger partial charge in [0.05, 0.1) is 6.54 Å². The van der Waals surface area contributed by atoms with Crippen LogP contribution in [0.3, 0.4) is 0 Å². The van der Waals surface area contributed by atoms with E-state index >= 15 is 0 Å². The third kappa shape index (κ3) is 3.39. The van der Waals surface area contributed by atoms with E-state index in [-0.39, 0.29) is 23.8 Å². The molecule has 0 unspecified atom stereocenters. The van der Waals surface area contributed by atoms with Gasteiger partial charge in [-0.2, -0.15) is 4.98 Å². The molecular formula is C22H29N5O2. The molecule has 3 heterocycles. The Bertz CT molecular complexity index is 1130. The summed E-state index contributed by atoms with van der Waals surface area (Å²) in [5.41, 5.74) is 1.29. The van der Waals surface area contributed by atoms with Gasteiger partial charge >= 0.3 is 5.69 Å². The van der Waals surface area contributed by atoms with E-state index in [0.29, 0.717) is 17.1 Å². The van der Waals surface area contributed by atoms with Crippen LogP contribution in [0.1, 0.15) is 45.2 Å². The largest absolute Gasteiger partial charge is 0.342 e. The summed E-state index contributed by atoms with van der Waals surface area (Å²) >= 11 is 0. The number of aryl methyl sites for hydroxylation is 1. The monoisotopic (exact) mass is 395 g/mol. The molecule has 1 saturated heterocycles. The summed E-state index contributed by atoms with van der Waals surface area (Å²) in [5, 5.41) is 0. The number of benzene rings is 1. The molecule has 7 heteroatoms. The van der Waals surface area contributed by atoms with Crippen LogP contribution in [0.25, 0.3) is 11.2 Å². The zero-order valence-corrected chi connectivity index (χ0v) is 17.6. The molecule has 4 rings (SSSR count). The van der Waals surface area contributed by atoms with Gasteiger partial charge in [-0.25, -0.2) is 4.79 Å². The van der Waals surface area contributed by atoms with Gasteiger partial charge in [0.2, 0.25) is 5.95 Å². The van der Waals surface area contributed by atoms with E-state index in [1.807, 2.05) is 34.9 Å². The molecule has 1 fully saturated rings. The van der Waals surface area contributed by atoms with Crippen molar-refractivity contribution in [1.82, 2.24) is 18.7 Å². The molecule has 154 valence electrons. The first-order valence-electron chi connectivity index (χ1n) is 10.4. The van der Waals surface area contributed by atoms with Crippen LogP contribution < -0.4 is 16.1 Å². The predicted octanol–water partition coefficient (Wildman–Crippen LogP) is 2.76. The second kappa shape index (κ2) is 7.54. The van der Waals surface area contributed by atoms with Crippen LogP contribution >= 0.6 is 0 Å². The molecule has 1 aliphatic rings. The van der Waals surface area contributed by atoms with E-state index in [1.54, 1.807) is 7.05 Å². The lowest BCUT2D eigenvalue weighted by Gasteiger charge is -2.32. The average molecular weight is 396 g/mol. The number of piperidine rings is 1. The number of fused-ring (bicyclic) bond motifs is 1. The topological polar surface area (TPSA) is 65.1 Å². The summed E-state index contributed by atoms with van der Waals surface area (Å²) < 4.78 is 4.84. The first kappa shape index (κ1) is 19.5. The number of imidazole rings is 1. The fourth-order valence-corrected chi connectivity index (χ4v) is 4.15. The van der Waals surface area contributed by atoms with Gasteiger partial charge in [0, 0.05) is 26.2 Å². The Kier molecular flexibility index (Phi) is 5.06. The maximum atomic E-state index is 13.4. The highest BCUT2D eigenvalue weighted by atomic mass is 16.2. The molecule has 29 heavy (non-hydrogen) atoms. The second-order valence-electron chi connectivity index (χ2n) is 8.44. The van der Waals surface area contributed by atoms with E-state index in [1.165, 1.54) is 9.13 Å². The van der Waals surface area contributed by atoms with Crippen molar-refractivity contribution in [2.75, 3.05) is 18.0 Å². The van der Waals surface area contributed by atoms with Crippen molar-refractivity contribution in [3.63, 3.8) is 0 Å². The SMILES string of the molecule is CC1CCN(c2nc3c(c(=O)n(Cc4ccccc4)c(=O)n3C)n2C(C)C)CC1. The molecule has 0 spiro atoms. The smallest absolute Gasteiger partial charge is 0.332 e. The number of rotatable bonds is 4. The quantitative estimate of drug-likeness (QED) is 0.681. The molecule has 3 aromatic rings. The highest BCUT2D eigenvalue weighted by Crippen LogP contribution is 2.28. The molecule has 7 nitrogen and oxygen atoms in total. The standard InChI is InChI=1S/C22H29N5O2/c1-15(2)27-18-19(23-21(27)25-12-10-16(3)11-13-25)24(4)22(29)26(20(18)28)14-17-8-6-5-7-9-17/h5-9,15-16H,10-14H2,1-4H3. The Morgan fingerprint density at radius 3 is 2.38 bits per heavy atom. The molecule has 2 aromatic heterocycles. The normalized spacial score (nSPS) is 15.6. The maximum Gasteiger partial charge on any atom is 0.332 e. The number of anilines is 1. The van der Waals surface area contributed by atoms with Crippen LogP contribution in [-0.4, -0.2) is 31.8 Å². The number of hydrogen-bond donors (Lipinski definition) is 0. The van der Waals surface area contributed by atoms with Crippen molar-refractivity contribution >= 4 is 17.1 Å².